The first-order valence-electron chi connectivity index (χ1n) is 9.54. The Hall–Kier alpha value is -1.66. The molecule has 6 heteroatoms. The Morgan fingerprint density at radius 1 is 1.04 bits per heavy atom. The summed E-state index contributed by atoms with van der Waals surface area (Å²) in [5.74, 6) is -0.830. The summed E-state index contributed by atoms with van der Waals surface area (Å²) in [5.41, 5.74) is 3.44. The second-order valence-electron chi connectivity index (χ2n) is 6.80. The van der Waals surface area contributed by atoms with Crippen LogP contribution in [0.4, 0.5) is 0 Å². The molecule has 4 nitrogen and oxygen atoms in total. The van der Waals surface area contributed by atoms with E-state index in [1.165, 1.54) is 42.2 Å². The van der Waals surface area contributed by atoms with Gasteiger partial charge in [-0.3, -0.25) is 9.59 Å². The lowest BCUT2D eigenvalue weighted by Crippen LogP contribution is -2.18. The number of rotatable bonds is 11. The van der Waals surface area contributed by atoms with Gasteiger partial charge in [0.25, 0.3) is 5.91 Å². The number of hydrogen-bond donors (Lipinski definition) is 2. The lowest BCUT2D eigenvalue weighted by molar-refractivity contribution is -0.137. The zero-order chi connectivity index (χ0) is 19.6. The van der Waals surface area contributed by atoms with E-state index in [1.807, 2.05) is 12.1 Å². The third kappa shape index (κ3) is 7.46. The van der Waals surface area contributed by atoms with Gasteiger partial charge in [-0.25, -0.2) is 0 Å². The number of thiocarbonyl (C=S) groups is 1. The summed E-state index contributed by atoms with van der Waals surface area (Å²) >= 11 is 6.52. The fourth-order valence-electron chi connectivity index (χ4n) is 3.08. The first kappa shape index (κ1) is 21.6. The van der Waals surface area contributed by atoms with Crippen LogP contribution < -0.4 is 5.32 Å². The van der Waals surface area contributed by atoms with E-state index in [4.69, 9.17) is 17.3 Å². The maximum Gasteiger partial charge on any atom is 0.303 e. The summed E-state index contributed by atoms with van der Waals surface area (Å²) in [4.78, 5) is 23.6. The summed E-state index contributed by atoms with van der Waals surface area (Å²) in [5, 5.41) is 11.5. The molecule has 1 fully saturated rings. The van der Waals surface area contributed by atoms with Gasteiger partial charge in [0.1, 0.15) is 4.32 Å². The first-order chi connectivity index (χ1) is 13.0. The second-order valence-corrected chi connectivity index (χ2v) is 8.48. The molecule has 0 aliphatic carbocycles. The van der Waals surface area contributed by atoms with Gasteiger partial charge in [0.2, 0.25) is 0 Å². The smallest absolute Gasteiger partial charge is 0.303 e. The molecule has 0 saturated carbocycles. The molecule has 27 heavy (non-hydrogen) atoms. The molecule has 0 spiro atoms. The topological polar surface area (TPSA) is 66.4 Å². The van der Waals surface area contributed by atoms with Crippen LogP contribution in [0, 0.1) is 0 Å². The molecule has 1 aromatic rings. The van der Waals surface area contributed by atoms with Crippen molar-refractivity contribution in [3.8, 4) is 0 Å². The molecular weight excluding hydrogens is 378 g/mol. The number of carboxylic acids is 1. The molecule has 1 heterocycles. The van der Waals surface area contributed by atoms with Crippen molar-refractivity contribution in [2.75, 3.05) is 0 Å². The fourth-order valence-corrected chi connectivity index (χ4v) is 4.25. The van der Waals surface area contributed by atoms with Gasteiger partial charge in [-0.15, -0.1) is 0 Å². The van der Waals surface area contributed by atoms with Crippen molar-refractivity contribution in [3.63, 3.8) is 0 Å². The van der Waals surface area contributed by atoms with E-state index in [9.17, 15) is 9.59 Å². The second kappa shape index (κ2) is 11.2. The number of benzene rings is 1. The van der Waals surface area contributed by atoms with Gasteiger partial charge in [-0.05, 0) is 43.2 Å². The largest absolute Gasteiger partial charge is 0.481 e. The van der Waals surface area contributed by atoms with Crippen LogP contribution in [-0.2, 0) is 22.4 Å². The van der Waals surface area contributed by atoms with Crippen LogP contribution in [0.1, 0.15) is 63.0 Å². The van der Waals surface area contributed by atoms with E-state index < -0.39 is 5.97 Å². The highest BCUT2D eigenvalue weighted by Gasteiger charge is 2.25. The first-order valence-corrected chi connectivity index (χ1v) is 10.8. The van der Waals surface area contributed by atoms with E-state index in [1.54, 1.807) is 0 Å². The van der Waals surface area contributed by atoms with Crippen LogP contribution in [0.2, 0.25) is 0 Å². The molecule has 0 radical (unpaired) electrons. The molecule has 1 saturated heterocycles. The summed E-state index contributed by atoms with van der Waals surface area (Å²) in [7, 11) is 0. The Labute approximate surface area is 170 Å². The minimum atomic E-state index is -0.774. The number of unbranched alkanes of at least 4 members (excludes halogenated alkanes) is 3. The summed E-state index contributed by atoms with van der Waals surface area (Å²) in [6.45, 7) is 2.19. The number of hydrogen-bond acceptors (Lipinski definition) is 4. The van der Waals surface area contributed by atoms with E-state index in [0.29, 0.717) is 10.7 Å². The Morgan fingerprint density at radius 2 is 1.67 bits per heavy atom. The third-order valence-corrected chi connectivity index (χ3v) is 5.95. The van der Waals surface area contributed by atoms with Gasteiger partial charge in [-0.2, -0.15) is 0 Å². The molecular formula is C21H27NO3S2. The number of nitrogens with one attached hydrogen (secondary N) is 1. The average Bonchev–Trinajstić information content (AvgIpc) is 2.98. The molecule has 1 aromatic carbocycles. The highest BCUT2D eigenvalue weighted by Crippen LogP contribution is 2.31. The summed E-state index contributed by atoms with van der Waals surface area (Å²) in [6.07, 6.45) is 8.05. The van der Waals surface area contributed by atoms with Gasteiger partial charge in [0.05, 0.1) is 4.91 Å². The number of amides is 1. The minimum absolute atomic E-state index is 0.0560. The Balaban J connectivity index is 1.98. The van der Waals surface area contributed by atoms with Crippen molar-refractivity contribution < 1.29 is 14.7 Å². The van der Waals surface area contributed by atoms with Crippen molar-refractivity contribution in [1.82, 2.24) is 5.32 Å². The Bertz CT molecular complexity index is 711. The molecule has 1 aliphatic heterocycles. The lowest BCUT2D eigenvalue weighted by Gasteiger charge is -2.10. The predicted molar refractivity (Wildman–Crippen MR) is 115 cm³/mol. The molecule has 1 amide bonds. The molecule has 2 N–H and O–H groups in total. The van der Waals surface area contributed by atoms with Gasteiger partial charge in [-0.1, -0.05) is 80.0 Å². The highest BCUT2D eigenvalue weighted by molar-refractivity contribution is 8.26. The standard InChI is InChI=1S/C21H27NO3S2/c1-2-3-4-5-6-17(19-20(25)22-21(26)27-19)13-11-15-7-9-16(10-8-15)12-14-18(23)24/h7-10H,2-6,11-14H2,1H3,(H,23,24)(H,22,25,26). The molecule has 146 valence electrons. The van der Waals surface area contributed by atoms with Crippen LogP contribution in [-0.4, -0.2) is 21.3 Å². The molecule has 1 aliphatic rings. The van der Waals surface area contributed by atoms with Crippen LogP contribution in [0.15, 0.2) is 34.7 Å². The zero-order valence-electron chi connectivity index (χ0n) is 15.8. The normalized spacial score (nSPS) is 15.7. The molecule has 0 bridgehead atoms. The number of allylic oxidation sites excluding steroid dienone is 1. The maximum absolute atomic E-state index is 12.2. The summed E-state index contributed by atoms with van der Waals surface area (Å²) < 4.78 is 0.545. The van der Waals surface area contributed by atoms with Crippen LogP contribution >= 0.6 is 24.0 Å². The molecule has 0 aromatic heterocycles. The van der Waals surface area contributed by atoms with Crippen LogP contribution in [0.5, 0.6) is 0 Å². The molecule has 2 rings (SSSR count). The SMILES string of the molecule is CCCCCCC(CCc1ccc(CCC(=O)O)cc1)=C1SC(=S)NC1=O. The average molecular weight is 406 g/mol. The quantitative estimate of drug-likeness (QED) is 0.308. The van der Waals surface area contributed by atoms with E-state index in [2.05, 4.69) is 24.4 Å². The highest BCUT2D eigenvalue weighted by atomic mass is 32.2. The molecule has 0 unspecified atom stereocenters. The van der Waals surface area contributed by atoms with Crippen molar-refractivity contribution in [2.24, 2.45) is 0 Å². The van der Waals surface area contributed by atoms with E-state index in [0.717, 1.165) is 36.2 Å². The predicted octanol–water partition coefficient (Wildman–Crippen LogP) is 5.01. The van der Waals surface area contributed by atoms with Crippen molar-refractivity contribution >= 4 is 40.2 Å². The number of aryl methyl sites for hydroxylation is 2. The van der Waals surface area contributed by atoms with Gasteiger partial charge in [0.15, 0.2) is 0 Å². The van der Waals surface area contributed by atoms with Gasteiger partial charge >= 0.3 is 5.97 Å². The van der Waals surface area contributed by atoms with Gasteiger partial charge in [0, 0.05) is 6.42 Å². The van der Waals surface area contributed by atoms with E-state index in [-0.39, 0.29) is 12.3 Å². The van der Waals surface area contributed by atoms with Crippen LogP contribution in [0.25, 0.3) is 0 Å². The monoisotopic (exact) mass is 405 g/mol. The minimum Gasteiger partial charge on any atom is -0.481 e. The number of aliphatic carboxylic acids is 1. The lowest BCUT2D eigenvalue weighted by atomic mass is 9.97. The summed E-state index contributed by atoms with van der Waals surface area (Å²) in [6, 6.07) is 8.11. The zero-order valence-corrected chi connectivity index (χ0v) is 17.4. The number of thioether (sulfide) groups is 1. The Morgan fingerprint density at radius 3 is 2.19 bits per heavy atom. The maximum atomic E-state index is 12.2. The third-order valence-electron chi connectivity index (χ3n) is 4.64. The fraction of sp³-hybridized carbons (Fsp3) is 0.476. The van der Waals surface area contributed by atoms with E-state index >= 15 is 0 Å². The number of carboxylic acid groups (broad SMARTS) is 1. The van der Waals surface area contributed by atoms with Crippen LogP contribution in [0.3, 0.4) is 0 Å². The molecule has 0 atom stereocenters. The number of carbonyl (C=O) groups is 2. The van der Waals surface area contributed by atoms with Crippen molar-refractivity contribution in [1.29, 1.82) is 0 Å². The Kier molecular flexibility index (Phi) is 9.01. The number of carbonyl (C=O) groups excluding carboxylic acids is 1. The van der Waals surface area contributed by atoms with Crippen molar-refractivity contribution in [2.45, 2.75) is 64.7 Å². The van der Waals surface area contributed by atoms with Crippen molar-refractivity contribution in [3.05, 3.63) is 45.9 Å². The van der Waals surface area contributed by atoms with Gasteiger partial charge < -0.3 is 10.4 Å².